The van der Waals surface area contributed by atoms with Crippen molar-refractivity contribution in [3.05, 3.63) is 0 Å². The maximum absolute atomic E-state index is 10.1. The molecule has 0 fully saturated rings. The Morgan fingerprint density at radius 2 is 1.92 bits per heavy atom. The van der Waals surface area contributed by atoms with Gasteiger partial charge in [-0.05, 0) is 12.8 Å². The van der Waals surface area contributed by atoms with Crippen LogP contribution in [0.1, 0.15) is 19.3 Å². The van der Waals surface area contributed by atoms with Gasteiger partial charge in [0.2, 0.25) is 0 Å². The van der Waals surface area contributed by atoms with Crippen molar-refractivity contribution >= 4 is 5.97 Å². The molecule has 0 bridgehead atoms. The second-order valence-electron chi connectivity index (χ2n) is 2.46. The summed E-state index contributed by atoms with van der Waals surface area (Å²) in [5, 5.41) is 8.28. The highest BCUT2D eigenvalue weighted by atomic mass is 16.5. The summed E-state index contributed by atoms with van der Waals surface area (Å²) in [5.41, 5.74) is 0. The number of methoxy groups -OCH3 is 1. The third kappa shape index (κ3) is 9.39. The molecule has 0 saturated heterocycles. The van der Waals surface area contributed by atoms with Gasteiger partial charge in [-0.3, -0.25) is 4.79 Å². The van der Waals surface area contributed by atoms with Gasteiger partial charge in [0.05, 0.1) is 0 Å². The highest BCUT2D eigenvalue weighted by molar-refractivity contribution is 5.66. The molecule has 0 aliphatic carbocycles. The molecule has 0 aromatic rings. The Labute approximate surface area is 72.5 Å². The molecule has 0 rings (SSSR count). The van der Waals surface area contributed by atoms with Crippen LogP contribution in [0.3, 0.4) is 0 Å². The number of rotatable bonds is 8. The number of aliphatic carboxylic acids is 1. The van der Waals surface area contributed by atoms with Crippen molar-refractivity contribution in [3.63, 3.8) is 0 Å². The molecule has 0 aromatic carbocycles. The highest BCUT2D eigenvalue weighted by Crippen LogP contribution is 1.91. The smallest absolute Gasteiger partial charge is 0.303 e. The van der Waals surface area contributed by atoms with Crippen molar-refractivity contribution in [2.75, 3.05) is 26.9 Å². The number of hydrogen-bond donors (Lipinski definition) is 1. The Morgan fingerprint density at radius 1 is 1.25 bits per heavy atom. The van der Waals surface area contributed by atoms with E-state index in [0.29, 0.717) is 26.2 Å². The van der Waals surface area contributed by atoms with E-state index in [4.69, 9.17) is 14.6 Å². The normalized spacial score (nSPS) is 10.1. The summed E-state index contributed by atoms with van der Waals surface area (Å²) in [6.07, 6.45) is 1.64. The fourth-order valence-corrected chi connectivity index (χ4v) is 0.733. The van der Waals surface area contributed by atoms with Crippen molar-refractivity contribution in [3.8, 4) is 0 Å². The van der Waals surface area contributed by atoms with Gasteiger partial charge in [0.25, 0.3) is 0 Å². The van der Waals surface area contributed by atoms with E-state index in [9.17, 15) is 4.79 Å². The molecular formula is C8H16O4. The predicted octanol–water partition coefficient (Wildman–Crippen LogP) is 0.904. The Kier molecular flexibility index (Phi) is 8.05. The van der Waals surface area contributed by atoms with Gasteiger partial charge in [0.15, 0.2) is 0 Å². The van der Waals surface area contributed by atoms with Crippen LogP contribution in [0.25, 0.3) is 0 Å². The molecule has 0 atom stereocenters. The van der Waals surface area contributed by atoms with Crippen molar-refractivity contribution in [2.45, 2.75) is 19.3 Å². The van der Waals surface area contributed by atoms with Gasteiger partial charge in [-0.25, -0.2) is 0 Å². The van der Waals surface area contributed by atoms with Crippen LogP contribution in [-0.4, -0.2) is 38.0 Å². The molecule has 0 heterocycles. The molecule has 0 unspecified atom stereocenters. The van der Waals surface area contributed by atoms with Crippen LogP contribution in [0.4, 0.5) is 0 Å². The SMILES string of the molecule is COCCCOCCCC(=O)O. The number of carbonyl (C=O) groups is 1. The average Bonchev–Trinajstić information content (AvgIpc) is 2.02. The predicted molar refractivity (Wildman–Crippen MR) is 44.2 cm³/mol. The zero-order valence-electron chi connectivity index (χ0n) is 7.41. The van der Waals surface area contributed by atoms with Gasteiger partial charge < -0.3 is 14.6 Å². The fourth-order valence-electron chi connectivity index (χ4n) is 0.733. The first-order chi connectivity index (χ1) is 5.77. The van der Waals surface area contributed by atoms with E-state index in [1.807, 2.05) is 0 Å². The van der Waals surface area contributed by atoms with Crippen LogP contribution in [0.15, 0.2) is 0 Å². The van der Waals surface area contributed by atoms with E-state index in [-0.39, 0.29) is 6.42 Å². The maximum Gasteiger partial charge on any atom is 0.303 e. The minimum absolute atomic E-state index is 0.185. The van der Waals surface area contributed by atoms with Gasteiger partial charge in [0, 0.05) is 33.4 Å². The van der Waals surface area contributed by atoms with Gasteiger partial charge in [-0.1, -0.05) is 0 Å². The Hall–Kier alpha value is -0.610. The Balaban J connectivity index is 2.86. The van der Waals surface area contributed by atoms with Crippen LogP contribution in [-0.2, 0) is 14.3 Å². The Morgan fingerprint density at radius 3 is 2.50 bits per heavy atom. The quantitative estimate of drug-likeness (QED) is 0.558. The summed E-state index contributed by atoms with van der Waals surface area (Å²) in [6.45, 7) is 1.86. The lowest BCUT2D eigenvalue weighted by atomic mass is 10.3. The second-order valence-corrected chi connectivity index (χ2v) is 2.46. The molecule has 0 aliphatic rings. The third-order valence-electron chi connectivity index (χ3n) is 1.32. The summed E-state index contributed by atoms with van der Waals surface area (Å²) < 4.78 is 9.96. The van der Waals surface area contributed by atoms with Crippen LogP contribution in [0.2, 0.25) is 0 Å². The standard InChI is InChI=1S/C8H16O4/c1-11-5-3-7-12-6-2-4-8(9)10/h2-7H2,1H3,(H,9,10). The molecule has 4 nitrogen and oxygen atoms in total. The van der Waals surface area contributed by atoms with Gasteiger partial charge in [-0.15, -0.1) is 0 Å². The number of carboxylic acid groups (broad SMARTS) is 1. The molecule has 12 heavy (non-hydrogen) atoms. The summed E-state index contributed by atoms with van der Waals surface area (Å²) in [6, 6.07) is 0. The first kappa shape index (κ1) is 11.4. The molecule has 0 saturated carbocycles. The molecule has 4 heteroatoms. The molecule has 1 N–H and O–H groups in total. The highest BCUT2D eigenvalue weighted by Gasteiger charge is 1.95. The van der Waals surface area contributed by atoms with E-state index >= 15 is 0 Å². The molecule has 0 aliphatic heterocycles. The molecule has 72 valence electrons. The van der Waals surface area contributed by atoms with E-state index < -0.39 is 5.97 Å². The zero-order chi connectivity index (χ0) is 9.23. The summed E-state index contributed by atoms with van der Waals surface area (Å²) >= 11 is 0. The van der Waals surface area contributed by atoms with E-state index in [0.717, 1.165) is 6.42 Å². The second kappa shape index (κ2) is 8.49. The lowest BCUT2D eigenvalue weighted by Gasteiger charge is -2.01. The number of ether oxygens (including phenoxy) is 2. The molecule has 0 aromatic heterocycles. The van der Waals surface area contributed by atoms with Crippen LogP contribution in [0, 0.1) is 0 Å². The van der Waals surface area contributed by atoms with Gasteiger partial charge in [-0.2, -0.15) is 0 Å². The van der Waals surface area contributed by atoms with Crippen LogP contribution in [0.5, 0.6) is 0 Å². The first-order valence-electron chi connectivity index (χ1n) is 4.06. The van der Waals surface area contributed by atoms with E-state index in [1.54, 1.807) is 7.11 Å². The van der Waals surface area contributed by atoms with Crippen LogP contribution < -0.4 is 0 Å². The molecule has 0 spiro atoms. The monoisotopic (exact) mass is 176 g/mol. The minimum Gasteiger partial charge on any atom is -0.481 e. The van der Waals surface area contributed by atoms with Gasteiger partial charge >= 0.3 is 5.97 Å². The van der Waals surface area contributed by atoms with Crippen molar-refractivity contribution in [1.82, 2.24) is 0 Å². The van der Waals surface area contributed by atoms with E-state index in [2.05, 4.69) is 0 Å². The fraction of sp³-hybridized carbons (Fsp3) is 0.875. The lowest BCUT2D eigenvalue weighted by molar-refractivity contribution is -0.137. The van der Waals surface area contributed by atoms with Crippen molar-refractivity contribution in [2.24, 2.45) is 0 Å². The van der Waals surface area contributed by atoms with E-state index in [1.165, 1.54) is 0 Å². The van der Waals surface area contributed by atoms with Crippen molar-refractivity contribution in [1.29, 1.82) is 0 Å². The largest absolute Gasteiger partial charge is 0.481 e. The summed E-state index contributed by atoms with van der Waals surface area (Å²) in [7, 11) is 1.64. The summed E-state index contributed by atoms with van der Waals surface area (Å²) in [4.78, 5) is 10.1. The topological polar surface area (TPSA) is 55.8 Å². The summed E-state index contributed by atoms with van der Waals surface area (Å²) in [5.74, 6) is -0.768. The van der Waals surface area contributed by atoms with Gasteiger partial charge in [0.1, 0.15) is 0 Å². The third-order valence-corrected chi connectivity index (χ3v) is 1.32. The molecular weight excluding hydrogens is 160 g/mol. The lowest BCUT2D eigenvalue weighted by Crippen LogP contribution is -2.02. The maximum atomic E-state index is 10.1. The number of carboxylic acids is 1. The minimum atomic E-state index is -0.768. The van der Waals surface area contributed by atoms with Crippen LogP contribution >= 0.6 is 0 Å². The Bertz CT molecular complexity index is 114. The van der Waals surface area contributed by atoms with Crippen molar-refractivity contribution < 1.29 is 19.4 Å². The molecule has 0 radical (unpaired) electrons. The zero-order valence-corrected chi connectivity index (χ0v) is 7.41. The molecule has 0 amide bonds. The first-order valence-corrected chi connectivity index (χ1v) is 4.06. The average molecular weight is 176 g/mol. The number of hydrogen-bond acceptors (Lipinski definition) is 3.